The number of amides is 1. The Labute approximate surface area is 439 Å². The van der Waals surface area contributed by atoms with Crippen LogP contribution in [0.25, 0.3) is 0 Å². The highest BCUT2D eigenvalue weighted by Gasteiger charge is 2.44. The molecule has 7 atom stereocenters. The first-order chi connectivity index (χ1) is 35.2. The Hall–Kier alpha value is -2.90. The maximum Gasteiger partial charge on any atom is 0.305 e. The highest BCUT2D eigenvalue weighted by Crippen LogP contribution is 2.23. The predicted molar refractivity (Wildman–Crippen MR) is 296 cm³/mol. The molecule has 0 aromatic carbocycles. The SMILES string of the molecule is C/C=C/CC/C=C/CC/C=C/C(O)C(COC1OC(CO)C(O)C(O)C1O)NC(=O)CCCCCCCCC/C=C\CCCCCCCCCCCCCOC(=O)CCCCCCC/C=C\C/C=C\CCC. The number of rotatable bonds is 49. The summed E-state index contributed by atoms with van der Waals surface area (Å²) in [5, 5.41) is 54.1. The molecular formula is C61H107NO10. The monoisotopic (exact) mass is 1010 g/mol. The van der Waals surface area contributed by atoms with E-state index in [0.29, 0.717) is 25.9 Å². The number of hydrogen-bond acceptors (Lipinski definition) is 10. The van der Waals surface area contributed by atoms with E-state index in [9.17, 15) is 35.1 Å². The third-order valence-electron chi connectivity index (χ3n) is 13.3. The van der Waals surface area contributed by atoms with E-state index in [1.807, 2.05) is 19.1 Å². The fourth-order valence-corrected chi connectivity index (χ4v) is 8.68. The van der Waals surface area contributed by atoms with Crippen LogP contribution in [0.3, 0.4) is 0 Å². The number of carbonyl (C=O) groups is 2. The third kappa shape index (κ3) is 39.5. The van der Waals surface area contributed by atoms with Crippen molar-refractivity contribution in [3.8, 4) is 0 Å². The molecule has 0 saturated carbocycles. The summed E-state index contributed by atoms with van der Waals surface area (Å²) in [6, 6.07) is -0.840. The van der Waals surface area contributed by atoms with Gasteiger partial charge >= 0.3 is 5.97 Å². The van der Waals surface area contributed by atoms with Crippen molar-refractivity contribution in [3.63, 3.8) is 0 Å². The molecule has 1 aliphatic heterocycles. The third-order valence-corrected chi connectivity index (χ3v) is 13.3. The maximum atomic E-state index is 13.0. The predicted octanol–water partition coefficient (Wildman–Crippen LogP) is 13.2. The van der Waals surface area contributed by atoms with Crippen LogP contribution in [-0.2, 0) is 23.8 Å². The summed E-state index contributed by atoms with van der Waals surface area (Å²) in [6.07, 6.45) is 56.0. The minimum absolute atomic E-state index is 0.0200. The van der Waals surface area contributed by atoms with Crippen LogP contribution in [0.4, 0.5) is 0 Å². The number of carbonyl (C=O) groups excluding carboxylic acids is 2. The van der Waals surface area contributed by atoms with Gasteiger partial charge in [0.1, 0.15) is 24.4 Å². The summed E-state index contributed by atoms with van der Waals surface area (Å²) in [4.78, 5) is 25.0. The van der Waals surface area contributed by atoms with Crippen LogP contribution < -0.4 is 5.32 Å². The van der Waals surface area contributed by atoms with Crippen molar-refractivity contribution in [1.82, 2.24) is 5.32 Å². The molecule has 1 heterocycles. The van der Waals surface area contributed by atoms with Gasteiger partial charge in [-0.05, 0) is 103 Å². The zero-order valence-corrected chi connectivity index (χ0v) is 45.6. The van der Waals surface area contributed by atoms with E-state index in [1.54, 1.807) is 6.08 Å². The number of aliphatic hydroxyl groups excluding tert-OH is 5. The molecule has 6 N–H and O–H groups in total. The van der Waals surface area contributed by atoms with Crippen molar-refractivity contribution in [2.75, 3.05) is 19.8 Å². The van der Waals surface area contributed by atoms with Crippen LogP contribution in [0.5, 0.6) is 0 Å². The Bertz CT molecular complexity index is 1430. The lowest BCUT2D eigenvalue weighted by Gasteiger charge is -2.40. The van der Waals surface area contributed by atoms with Gasteiger partial charge in [0.25, 0.3) is 0 Å². The first-order valence-electron chi connectivity index (χ1n) is 29.2. The lowest BCUT2D eigenvalue weighted by molar-refractivity contribution is -0.302. The molecule has 7 unspecified atom stereocenters. The smallest absolute Gasteiger partial charge is 0.305 e. The Balaban J connectivity index is 2.03. The van der Waals surface area contributed by atoms with E-state index in [-0.39, 0.29) is 18.5 Å². The molecular weight excluding hydrogens is 907 g/mol. The van der Waals surface area contributed by atoms with Crippen molar-refractivity contribution in [3.05, 3.63) is 72.9 Å². The number of nitrogens with one attached hydrogen (secondary N) is 1. The molecule has 1 saturated heterocycles. The Morgan fingerprint density at radius 1 is 0.542 bits per heavy atom. The van der Waals surface area contributed by atoms with E-state index < -0.39 is 49.5 Å². The number of allylic oxidation sites excluding steroid dienone is 11. The van der Waals surface area contributed by atoms with E-state index in [2.05, 4.69) is 66.9 Å². The molecule has 72 heavy (non-hydrogen) atoms. The van der Waals surface area contributed by atoms with Crippen molar-refractivity contribution in [1.29, 1.82) is 0 Å². The van der Waals surface area contributed by atoms with E-state index in [0.717, 1.165) is 89.9 Å². The van der Waals surface area contributed by atoms with Gasteiger partial charge in [-0.25, -0.2) is 0 Å². The van der Waals surface area contributed by atoms with Crippen molar-refractivity contribution in [2.24, 2.45) is 0 Å². The molecule has 1 fully saturated rings. The van der Waals surface area contributed by atoms with Gasteiger partial charge in [0.05, 0.1) is 32.0 Å². The highest BCUT2D eigenvalue weighted by atomic mass is 16.7. The van der Waals surface area contributed by atoms with Crippen molar-refractivity contribution in [2.45, 2.75) is 281 Å². The van der Waals surface area contributed by atoms with Gasteiger partial charge in [0.15, 0.2) is 6.29 Å². The van der Waals surface area contributed by atoms with E-state index in [1.165, 1.54) is 116 Å². The minimum atomic E-state index is -1.58. The molecule has 1 amide bonds. The fraction of sp³-hybridized carbons (Fsp3) is 0.770. The largest absolute Gasteiger partial charge is 0.466 e. The number of aliphatic hydroxyl groups is 5. The number of unbranched alkanes of at least 4 members (excludes halogenated alkanes) is 26. The molecule has 416 valence electrons. The van der Waals surface area contributed by atoms with Crippen LogP contribution >= 0.6 is 0 Å². The topological polar surface area (TPSA) is 175 Å². The van der Waals surface area contributed by atoms with Gasteiger partial charge in [-0.15, -0.1) is 0 Å². The molecule has 0 radical (unpaired) electrons. The van der Waals surface area contributed by atoms with Gasteiger partial charge in [0, 0.05) is 12.8 Å². The summed E-state index contributed by atoms with van der Waals surface area (Å²) in [5.41, 5.74) is 0. The lowest BCUT2D eigenvalue weighted by atomic mass is 9.99. The standard InChI is InChI=1S/C61H107NO10/c1-3-5-7-9-11-13-14-25-29-33-37-41-45-49-57(66)70-50-46-42-38-34-30-27-24-22-20-18-16-15-17-19-21-23-26-28-32-36-40-44-48-56(65)62-53(54(64)47-43-39-35-31-12-10-8-6-4-2)52-71-61-60(69)59(68)58(67)55(51-63)72-61/h4,6-7,9,12-14,17,19,31,43,47,53-55,58-61,63-64,67-69H,3,5,8,10-11,15-16,18,20-30,32-42,44-46,48-52H2,1-2H3,(H,62,65)/b6-4+,9-7-,14-13-,19-17-,31-12+,47-43+. The number of hydrogen-bond donors (Lipinski definition) is 6. The van der Waals surface area contributed by atoms with Crippen LogP contribution in [0.15, 0.2) is 72.9 Å². The number of esters is 1. The summed E-state index contributed by atoms with van der Waals surface area (Å²) in [5.74, 6) is -0.228. The zero-order valence-electron chi connectivity index (χ0n) is 45.6. The van der Waals surface area contributed by atoms with Crippen molar-refractivity contribution >= 4 is 11.9 Å². The molecule has 11 heteroatoms. The average molecular weight is 1010 g/mol. The Kier molecular flexibility index (Phi) is 46.9. The summed E-state index contributed by atoms with van der Waals surface area (Å²) >= 11 is 0. The average Bonchev–Trinajstić information content (AvgIpc) is 3.38. The van der Waals surface area contributed by atoms with Crippen LogP contribution in [0.1, 0.15) is 239 Å². The van der Waals surface area contributed by atoms with E-state index >= 15 is 0 Å². The van der Waals surface area contributed by atoms with E-state index in [4.69, 9.17) is 14.2 Å². The molecule has 0 aliphatic carbocycles. The summed E-state index contributed by atoms with van der Waals surface area (Å²) in [7, 11) is 0. The summed E-state index contributed by atoms with van der Waals surface area (Å²) in [6.45, 7) is 4.00. The summed E-state index contributed by atoms with van der Waals surface area (Å²) < 4.78 is 16.6. The Morgan fingerprint density at radius 3 is 1.54 bits per heavy atom. The maximum absolute atomic E-state index is 13.0. The second-order valence-corrected chi connectivity index (χ2v) is 20.0. The molecule has 1 rings (SSSR count). The van der Waals surface area contributed by atoms with Gasteiger partial charge in [-0.2, -0.15) is 0 Å². The minimum Gasteiger partial charge on any atom is -0.466 e. The fourth-order valence-electron chi connectivity index (χ4n) is 8.68. The number of ether oxygens (including phenoxy) is 3. The molecule has 0 spiro atoms. The zero-order chi connectivity index (χ0) is 52.4. The second kappa shape index (κ2) is 50.3. The molecule has 0 bridgehead atoms. The second-order valence-electron chi connectivity index (χ2n) is 20.0. The van der Waals surface area contributed by atoms with Gasteiger partial charge in [-0.1, -0.05) is 195 Å². The first-order valence-corrected chi connectivity index (χ1v) is 29.2. The molecule has 11 nitrogen and oxygen atoms in total. The molecule has 0 aromatic rings. The Morgan fingerprint density at radius 2 is 1.00 bits per heavy atom. The first kappa shape index (κ1) is 67.1. The van der Waals surface area contributed by atoms with Crippen LogP contribution in [-0.4, -0.2) is 100 Å². The normalized spacial score (nSPS) is 19.6. The molecule has 1 aliphatic rings. The lowest BCUT2D eigenvalue weighted by Crippen LogP contribution is -2.60. The van der Waals surface area contributed by atoms with Gasteiger partial charge < -0.3 is 45.1 Å². The quantitative estimate of drug-likeness (QED) is 0.0195. The van der Waals surface area contributed by atoms with Crippen LogP contribution in [0.2, 0.25) is 0 Å². The molecule has 0 aromatic heterocycles. The van der Waals surface area contributed by atoms with Crippen LogP contribution in [0, 0.1) is 0 Å². The highest BCUT2D eigenvalue weighted by molar-refractivity contribution is 5.76. The van der Waals surface area contributed by atoms with Gasteiger partial charge in [0.2, 0.25) is 5.91 Å². The van der Waals surface area contributed by atoms with Gasteiger partial charge in [-0.3, -0.25) is 9.59 Å². The van der Waals surface area contributed by atoms with Crippen molar-refractivity contribution < 1.29 is 49.3 Å².